The number of benzene rings is 1. The molecule has 1 aromatic carbocycles. The molecule has 5 heteroatoms. The van der Waals surface area contributed by atoms with Crippen LogP contribution in [0.1, 0.15) is 18.5 Å². The van der Waals surface area contributed by atoms with Crippen LogP contribution >= 0.6 is 15.9 Å². The van der Waals surface area contributed by atoms with Crippen LogP contribution in [-0.4, -0.2) is 14.7 Å². The molecule has 2 N–H and O–H groups in total. The second kappa shape index (κ2) is 4.00. The van der Waals surface area contributed by atoms with E-state index in [0.29, 0.717) is 4.90 Å². The van der Waals surface area contributed by atoms with Crippen molar-refractivity contribution >= 4 is 25.8 Å². The highest BCUT2D eigenvalue weighted by molar-refractivity contribution is 9.10. The van der Waals surface area contributed by atoms with Gasteiger partial charge in [-0.25, -0.2) is 8.42 Å². The summed E-state index contributed by atoms with van der Waals surface area (Å²) in [5.74, 6) is 0. The third kappa shape index (κ3) is 2.56. The smallest absolute Gasteiger partial charge is 0.175 e. The monoisotopic (exact) mass is 277 g/mol. The molecule has 0 amide bonds. The Hall–Kier alpha value is -0.390. The summed E-state index contributed by atoms with van der Waals surface area (Å²) in [5.41, 5.74) is 6.59. The van der Waals surface area contributed by atoms with Gasteiger partial charge in [-0.2, -0.15) is 0 Å². The van der Waals surface area contributed by atoms with Gasteiger partial charge >= 0.3 is 0 Å². The van der Waals surface area contributed by atoms with Crippen LogP contribution in [0.25, 0.3) is 0 Å². The lowest BCUT2D eigenvalue weighted by Gasteiger charge is -2.09. The molecule has 0 saturated heterocycles. The molecule has 1 rings (SSSR count). The topological polar surface area (TPSA) is 60.2 Å². The van der Waals surface area contributed by atoms with E-state index >= 15 is 0 Å². The molecule has 0 heterocycles. The van der Waals surface area contributed by atoms with Crippen LogP contribution < -0.4 is 5.73 Å². The molecule has 0 aliphatic carbocycles. The van der Waals surface area contributed by atoms with E-state index in [1.54, 1.807) is 18.2 Å². The standard InChI is InChI=1S/C9H12BrNO2S/c1-6(11)8-4-3-7(5-9(8)10)14(2,12)13/h3-6H,11H2,1-2H3/t6-/m0/s1. The van der Waals surface area contributed by atoms with E-state index in [2.05, 4.69) is 15.9 Å². The molecule has 0 aromatic heterocycles. The van der Waals surface area contributed by atoms with Gasteiger partial charge in [-0.15, -0.1) is 0 Å². The minimum atomic E-state index is -3.14. The van der Waals surface area contributed by atoms with Gasteiger partial charge in [0.25, 0.3) is 0 Å². The van der Waals surface area contributed by atoms with Crippen LogP contribution in [0.5, 0.6) is 0 Å². The molecular weight excluding hydrogens is 266 g/mol. The summed E-state index contributed by atoms with van der Waals surface area (Å²) >= 11 is 3.30. The van der Waals surface area contributed by atoms with Gasteiger partial charge in [0.2, 0.25) is 0 Å². The molecule has 1 atom stereocenters. The number of sulfone groups is 1. The lowest BCUT2D eigenvalue weighted by atomic mass is 10.1. The Morgan fingerprint density at radius 3 is 2.36 bits per heavy atom. The Kier molecular flexibility index (Phi) is 3.34. The van der Waals surface area contributed by atoms with E-state index in [4.69, 9.17) is 5.73 Å². The van der Waals surface area contributed by atoms with Gasteiger partial charge in [-0.3, -0.25) is 0 Å². The van der Waals surface area contributed by atoms with Crippen molar-refractivity contribution in [3.63, 3.8) is 0 Å². The highest BCUT2D eigenvalue weighted by atomic mass is 79.9. The zero-order valence-corrected chi connectivity index (χ0v) is 10.4. The fourth-order valence-electron chi connectivity index (χ4n) is 1.11. The van der Waals surface area contributed by atoms with Crippen molar-refractivity contribution in [2.45, 2.75) is 17.9 Å². The van der Waals surface area contributed by atoms with Gasteiger partial charge in [0.15, 0.2) is 9.84 Å². The average Bonchev–Trinajstić information content (AvgIpc) is 2.01. The Balaban J connectivity index is 3.27. The summed E-state index contributed by atoms with van der Waals surface area (Å²) in [6, 6.07) is 4.76. The van der Waals surface area contributed by atoms with E-state index in [1.807, 2.05) is 6.92 Å². The zero-order chi connectivity index (χ0) is 10.9. The van der Waals surface area contributed by atoms with Crippen LogP contribution in [-0.2, 0) is 9.84 Å². The number of halogens is 1. The third-order valence-electron chi connectivity index (χ3n) is 1.89. The first-order chi connectivity index (χ1) is 6.32. The molecule has 0 saturated carbocycles. The average molecular weight is 278 g/mol. The normalized spacial score (nSPS) is 14.0. The molecule has 0 aliphatic rings. The quantitative estimate of drug-likeness (QED) is 0.898. The number of hydrogen-bond acceptors (Lipinski definition) is 3. The SMILES string of the molecule is C[C@H](N)c1ccc(S(C)(=O)=O)cc1Br. The van der Waals surface area contributed by atoms with E-state index in [-0.39, 0.29) is 6.04 Å². The molecule has 1 aromatic rings. The number of nitrogens with two attached hydrogens (primary N) is 1. The first kappa shape index (κ1) is 11.7. The maximum Gasteiger partial charge on any atom is 0.175 e. The van der Waals surface area contributed by atoms with Crippen molar-refractivity contribution in [1.29, 1.82) is 0 Å². The Morgan fingerprint density at radius 1 is 1.43 bits per heavy atom. The number of rotatable bonds is 2. The first-order valence-corrected chi connectivity index (χ1v) is 6.76. The first-order valence-electron chi connectivity index (χ1n) is 4.07. The molecular formula is C9H12BrNO2S. The third-order valence-corrected chi connectivity index (χ3v) is 3.69. The van der Waals surface area contributed by atoms with Crippen molar-refractivity contribution in [3.8, 4) is 0 Å². The summed E-state index contributed by atoms with van der Waals surface area (Å²) in [6.07, 6.45) is 1.18. The van der Waals surface area contributed by atoms with Gasteiger partial charge in [-0.1, -0.05) is 22.0 Å². The molecule has 3 nitrogen and oxygen atoms in total. The molecule has 0 fully saturated rings. The van der Waals surface area contributed by atoms with Gasteiger partial charge in [0.05, 0.1) is 4.90 Å². The fourth-order valence-corrected chi connectivity index (χ4v) is 2.65. The maximum absolute atomic E-state index is 11.2. The number of hydrogen-bond donors (Lipinski definition) is 1. The van der Waals surface area contributed by atoms with Gasteiger partial charge < -0.3 is 5.73 Å². The molecule has 78 valence electrons. The summed E-state index contributed by atoms with van der Waals surface area (Å²) in [6.45, 7) is 1.85. The van der Waals surface area contributed by atoms with Gasteiger partial charge in [-0.05, 0) is 24.6 Å². The summed E-state index contributed by atoms with van der Waals surface area (Å²) in [5, 5.41) is 0. The summed E-state index contributed by atoms with van der Waals surface area (Å²) < 4.78 is 23.2. The highest BCUT2D eigenvalue weighted by Crippen LogP contribution is 2.25. The second-order valence-electron chi connectivity index (χ2n) is 3.24. The maximum atomic E-state index is 11.2. The predicted octanol–water partition coefficient (Wildman–Crippen LogP) is 1.87. The fraction of sp³-hybridized carbons (Fsp3) is 0.333. The van der Waals surface area contributed by atoms with Crippen LogP contribution in [0.3, 0.4) is 0 Å². The van der Waals surface area contributed by atoms with Gasteiger partial charge in [0, 0.05) is 16.8 Å². The molecule has 0 bridgehead atoms. The molecule has 0 aliphatic heterocycles. The van der Waals surface area contributed by atoms with Crippen LogP contribution in [0.4, 0.5) is 0 Å². The minimum absolute atomic E-state index is 0.113. The zero-order valence-electron chi connectivity index (χ0n) is 7.99. The van der Waals surface area contributed by atoms with Crippen molar-refractivity contribution in [1.82, 2.24) is 0 Å². The van der Waals surface area contributed by atoms with Crippen LogP contribution in [0, 0.1) is 0 Å². The second-order valence-corrected chi connectivity index (χ2v) is 6.11. The van der Waals surface area contributed by atoms with Crippen LogP contribution in [0.2, 0.25) is 0 Å². The highest BCUT2D eigenvalue weighted by Gasteiger charge is 2.11. The lowest BCUT2D eigenvalue weighted by Crippen LogP contribution is -2.06. The van der Waals surface area contributed by atoms with E-state index in [9.17, 15) is 8.42 Å². The van der Waals surface area contributed by atoms with Crippen molar-refractivity contribution < 1.29 is 8.42 Å². The summed E-state index contributed by atoms with van der Waals surface area (Å²) in [7, 11) is -3.14. The molecule has 0 radical (unpaired) electrons. The Bertz CT molecular complexity index is 440. The van der Waals surface area contributed by atoms with E-state index < -0.39 is 9.84 Å². The van der Waals surface area contributed by atoms with Gasteiger partial charge in [0.1, 0.15) is 0 Å². The molecule has 0 unspecified atom stereocenters. The van der Waals surface area contributed by atoms with Crippen LogP contribution in [0.15, 0.2) is 27.6 Å². The Morgan fingerprint density at radius 2 is 2.00 bits per heavy atom. The Labute approximate surface area is 92.4 Å². The minimum Gasteiger partial charge on any atom is -0.324 e. The summed E-state index contributed by atoms with van der Waals surface area (Å²) in [4.78, 5) is 0.300. The predicted molar refractivity (Wildman–Crippen MR) is 59.9 cm³/mol. The van der Waals surface area contributed by atoms with E-state index in [1.165, 1.54) is 6.26 Å². The lowest BCUT2D eigenvalue weighted by molar-refractivity contribution is 0.601. The van der Waals surface area contributed by atoms with E-state index in [0.717, 1.165) is 10.0 Å². The van der Waals surface area contributed by atoms with Crippen molar-refractivity contribution in [3.05, 3.63) is 28.2 Å². The molecule has 0 spiro atoms. The van der Waals surface area contributed by atoms with Crippen molar-refractivity contribution in [2.24, 2.45) is 5.73 Å². The molecule has 14 heavy (non-hydrogen) atoms. The largest absolute Gasteiger partial charge is 0.324 e. The van der Waals surface area contributed by atoms with Crippen molar-refractivity contribution in [2.75, 3.05) is 6.26 Å².